The molecule has 0 saturated carbocycles. The Morgan fingerprint density at radius 3 is 2.57 bits per heavy atom. The van der Waals surface area contributed by atoms with Crippen molar-refractivity contribution in [3.05, 3.63) is 22.7 Å². The van der Waals surface area contributed by atoms with Gasteiger partial charge in [0.25, 0.3) is 0 Å². The molecular weight excluding hydrogens is 221 g/mol. The number of aryl methyl sites for hydroxylation is 1. The van der Waals surface area contributed by atoms with Crippen LogP contribution < -0.4 is 9.64 Å². The summed E-state index contributed by atoms with van der Waals surface area (Å²) in [6.45, 7) is 2.00. The summed E-state index contributed by atoms with van der Waals surface area (Å²) in [7, 11) is 3.52. The Kier molecular flexibility index (Phi) is 3.90. The zero-order valence-electron chi connectivity index (χ0n) is 8.47. The Labute approximate surface area is 94.4 Å². The van der Waals surface area contributed by atoms with Crippen molar-refractivity contribution >= 4 is 28.9 Å². The molecule has 1 rings (SSSR count). The smallest absolute Gasteiger partial charge is 0.137 e. The number of hydrogen-bond donors (Lipinski definition) is 0. The van der Waals surface area contributed by atoms with Gasteiger partial charge in [0.2, 0.25) is 0 Å². The number of methoxy groups -OCH3 is 1. The third kappa shape index (κ3) is 2.25. The number of nitrogens with zero attached hydrogens (tertiary/aromatic N) is 1. The van der Waals surface area contributed by atoms with Crippen LogP contribution in [0.15, 0.2) is 12.1 Å². The van der Waals surface area contributed by atoms with Gasteiger partial charge in [-0.1, -0.05) is 11.6 Å². The van der Waals surface area contributed by atoms with E-state index in [-0.39, 0.29) is 0 Å². The molecule has 0 bridgehead atoms. The summed E-state index contributed by atoms with van der Waals surface area (Å²) in [5.41, 5.74) is 2.11. The van der Waals surface area contributed by atoms with Gasteiger partial charge in [-0.2, -0.15) is 0 Å². The minimum absolute atomic E-state index is 0.434. The highest BCUT2D eigenvalue weighted by molar-refractivity contribution is 6.32. The maximum atomic E-state index is 6.01. The number of rotatable bonds is 3. The van der Waals surface area contributed by atoms with Gasteiger partial charge in [0.1, 0.15) is 5.75 Å². The highest BCUT2D eigenvalue weighted by Gasteiger charge is 2.08. The molecule has 0 spiro atoms. The quantitative estimate of drug-likeness (QED) is 0.587. The summed E-state index contributed by atoms with van der Waals surface area (Å²) in [6, 6.07) is 4.20. The van der Waals surface area contributed by atoms with Gasteiger partial charge in [0.05, 0.1) is 18.1 Å². The van der Waals surface area contributed by atoms with Crippen molar-refractivity contribution in [3.63, 3.8) is 0 Å². The third-order valence-corrected chi connectivity index (χ3v) is 2.71. The summed E-state index contributed by atoms with van der Waals surface area (Å²) >= 11 is 11.7. The first kappa shape index (κ1) is 11.5. The monoisotopic (exact) mass is 233 g/mol. The molecule has 14 heavy (non-hydrogen) atoms. The standard InChI is InChI=1S/C10H13Cl2NO/c1-7-4-10(14-3)8(12)5-9(7)13(2)6-11/h4-5H,6H2,1-3H3. The van der Waals surface area contributed by atoms with Crippen LogP contribution in [0.2, 0.25) is 5.02 Å². The van der Waals surface area contributed by atoms with Gasteiger partial charge in [0, 0.05) is 12.7 Å². The van der Waals surface area contributed by atoms with Crippen LogP contribution in [0.4, 0.5) is 5.69 Å². The number of benzene rings is 1. The lowest BCUT2D eigenvalue weighted by atomic mass is 10.2. The lowest BCUT2D eigenvalue weighted by Crippen LogP contribution is -2.15. The molecule has 0 aliphatic rings. The van der Waals surface area contributed by atoms with E-state index < -0.39 is 0 Å². The molecule has 0 aliphatic heterocycles. The van der Waals surface area contributed by atoms with Gasteiger partial charge in [-0.15, -0.1) is 11.6 Å². The Hall–Kier alpha value is -0.600. The maximum absolute atomic E-state index is 6.01. The molecule has 0 aromatic heterocycles. The Balaban J connectivity index is 3.14. The van der Waals surface area contributed by atoms with Crippen molar-refractivity contribution in [2.24, 2.45) is 0 Å². The van der Waals surface area contributed by atoms with E-state index in [0.29, 0.717) is 16.8 Å². The number of ether oxygens (including phenoxy) is 1. The van der Waals surface area contributed by atoms with Crippen molar-refractivity contribution in [1.82, 2.24) is 0 Å². The molecule has 0 atom stereocenters. The van der Waals surface area contributed by atoms with E-state index in [9.17, 15) is 0 Å². The predicted molar refractivity (Wildman–Crippen MR) is 61.9 cm³/mol. The molecule has 0 aliphatic carbocycles. The van der Waals surface area contributed by atoms with Gasteiger partial charge in [-0.25, -0.2) is 0 Å². The highest BCUT2D eigenvalue weighted by atomic mass is 35.5. The molecule has 0 N–H and O–H groups in total. The van der Waals surface area contributed by atoms with E-state index >= 15 is 0 Å². The first-order valence-corrected chi connectivity index (χ1v) is 5.12. The summed E-state index contributed by atoms with van der Waals surface area (Å²) < 4.78 is 5.11. The molecule has 1 aromatic carbocycles. The molecule has 0 saturated heterocycles. The summed E-state index contributed by atoms with van der Waals surface area (Å²) in [6.07, 6.45) is 0. The first-order chi connectivity index (χ1) is 6.60. The average molecular weight is 234 g/mol. The van der Waals surface area contributed by atoms with Gasteiger partial charge >= 0.3 is 0 Å². The fraction of sp³-hybridized carbons (Fsp3) is 0.400. The fourth-order valence-corrected chi connectivity index (χ4v) is 1.64. The predicted octanol–water partition coefficient (Wildman–Crippen LogP) is 3.29. The first-order valence-electron chi connectivity index (χ1n) is 4.21. The fourth-order valence-electron chi connectivity index (χ4n) is 1.28. The normalized spacial score (nSPS) is 10.1. The lowest BCUT2D eigenvalue weighted by Gasteiger charge is -2.19. The van der Waals surface area contributed by atoms with Crippen LogP contribution in [0.3, 0.4) is 0 Å². The minimum Gasteiger partial charge on any atom is -0.495 e. The molecule has 78 valence electrons. The number of halogens is 2. The maximum Gasteiger partial charge on any atom is 0.137 e. The van der Waals surface area contributed by atoms with E-state index in [1.54, 1.807) is 7.11 Å². The highest BCUT2D eigenvalue weighted by Crippen LogP contribution is 2.32. The number of anilines is 1. The molecule has 2 nitrogen and oxygen atoms in total. The Bertz CT molecular complexity index is 328. The Morgan fingerprint density at radius 2 is 2.07 bits per heavy atom. The molecule has 0 unspecified atom stereocenters. The largest absolute Gasteiger partial charge is 0.495 e. The number of hydrogen-bond acceptors (Lipinski definition) is 2. The second kappa shape index (κ2) is 4.76. The molecular formula is C10H13Cl2NO. The van der Waals surface area contributed by atoms with Gasteiger partial charge < -0.3 is 9.64 Å². The van der Waals surface area contributed by atoms with Crippen LogP contribution in [0.5, 0.6) is 5.75 Å². The van der Waals surface area contributed by atoms with Crippen LogP contribution in [-0.4, -0.2) is 20.2 Å². The van der Waals surface area contributed by atoms with E-state index in [4.69, 9.17) is 27.9 Å². The van der Waals surface area contributed by atoms with Gasteiger partial charge in [0.15, 0.2) is 0 Å². The van der Waals surface area contributed by atoms with E-state index in [1.807, 2.05) is 31.0 Å². The molecule has 4 heteroatoms. The second-order valence-electron chi connectivity index (χ2n) is 3.09. The lowest BCUT2D eigenvalue weighted by molar-refractivity contribution is 0.414. The van der Waals surface area contributed by atoms with Crippen LogP contribution in [0, 0.1) is 6.92 Å². The summed E-state index contributed by atoms with van der Waals surface area (Å²) in [5.74, 6) is 0.691. The van der Waals surface area contributed by atoms with Crippen LogP contribution >= 0.6 is 23.2 Å². The second-order valence-corrected chi connectivity index (χ2v) is 3.74. The van der Waals surface area contributed by atoms with Crippen molar-refractivity contribution in [3.8, 4) is 5.75 Å². The van der Waals surface area contributed by atoms with Crippen LogP contribution in [0.25, 0.3) is 0 Å². The van der Waals surface area contributed by atoms with Crippen molar-refractivity contribution in [1.29, 1.82) is 0 Å². The molecule has 0 heterocycles. The minimum atomic E-state index is 0.434. The SMILES string of the molecule is COc1cc(C)c(N(C)CCl)cc1Cl. The number of alkyl halides is 1. The van der Waals surface area contributed by atoms with Gasteiger partial charge in [-0.3, -0.25) is 0 Å². The van der Waals surface area contributed by atoms with Gasteiger partial charge in [-0.05, 0) is 24.6 Å². The van der Waals surface area contributed by atoms with Crippen LogP contribution in [0.1, 0.15) is 5.56 Å². The zero-order chi connectivity index (χ0) is 10.7. The van der Waals surface area contributed by atoms with E-state index in [2.05, 4.69) is 0 Å². The molecule has 0 fully saturated rings. The topological polar surface area (TPSA) is 12.5 Å². The van der Waals surface area contributed by atoms with Crippen molar-refractivity contribution < 1.29 is 4.74 Å². The average Bonchev–Trinajstić information content (AvgIpc) is 2.19. The van der Waals surface area contributed by atoms with Crippen molar-refractivity contribution in [2.45, 2.75) is 6.92 Å². The summed E-state index contributed by atoms with van der Waals surface area (Å²) in [5, 5.41) is 0.602. The Morgan fingerprint density at radius 1 is 1.43 bits per heavy atom. The van der Waals surface area contributed by atoms with Crippen LogP contribution in [-0.2, 0) is 0 Å². The molecule has 1 aromatic rings. The summed E-state index contributed by atoms with van der Waals surface area (Å²) in [4.78, 5) is 1.92. The molecule has 0 amide bonds. The third-order valence-electron chi connectivity index (χ3n) is 2.06. The zero-order valence-corrected chi connectivity index (χ0v) is 9.99. The van der Waals surface area contributed by atoms with E-state index in [1.165, 1.54) is 0 Å². The molecule has 0 radical (unpaired) electrons. The van der Waals surface area contributed by atoms with E-state index in [0.717, 1.165) is 11.3 Å². The van der Waals surface area contributed by atoms with Crippen molar-refractivity contribution in [2.75, 3.05) is 25.1 Å².